The van der Waals surface area contributed by atoms with Crippen LogP contribution in [-0.4, -0.2) is 28.4 Å². The summed E-state index contributed by atoms with van der Waals surface area (Å²) in [5.74, 6) is -1.08. The van der Waals surface area contributed by atoms with Crippen molar-refractivity contribution in [2.75, 3.05) is 11.6 Å². The molecule has 0 unspecified atom stereocenters. The van der Waals surface area contributed by atoms with Gasteiger partial charge in [-0.1, -0.05) is 29.8 Å². The van der Waals surface area contributed by atoms with Crippen molar-refractivity contribution in [3.05, 3.63) is 58.7 Å². The Bertz CT molecular complexity index is 853. The van der Waals surface area contributed by atoms with Gasteiger partial charge in [-0.25, -0.2) is 4.79 Å². The van der Waals surface area contributed by atoms with Gasteiger partial charge in [0.1, 0.15) is 0 Å². The molecule has 6 heteroatoms. The van der Waals surface area contributed by atoms with E-state index in [1.807, 2.05) is 32.9 Å². The highest BCUT2D eigenvalue weighted by Crippen LogP contribution is 2.22. The summed E-state index contributed by atoms with van der Waals surface area (Å²) in [6.07, 6.45) is 0.506. The maximum Gasteiger partial charge on any atom is 0.340 e. The fourth-order valence-electron chi connectivity index (χ4n) is 2.77. The van der Waals surface area contributed by atoms with Gasteiger partial charge in [-0.15, -0.1) is 0 Å². The number of ether oxygens (including phenoxy) is 1. The monoisotopic (exact) mass is 373 g/mol. The molecule has 0 aromatic heterocycles. The molecule has 0 spiro atoms. The van der Waals surface area contributed by atoms with E-state index in [0.717, 1.165) is 22.4 Å². The van der Waals surface area contributed by atoms with Crippen molar-refractivity contribution in [2.24, 2.45) is 0 Å². The lowest BCUT2D eigenvalue weighted by Crippen LogP contribution is -2.30. The van der Waals surface area contributed by atoms with Gasteiger partial charge < -0.3 is 10.1 Å². The van der Waals surface area contributed by atoms with Gasteiger partial charge >= 0.3 is 5.97 Å². The molecule has 0 aliphatic carbocycles. The van der Waals surface area contributed by atoms with Gasteiger partial charge in [0.25, 0.3) is 5.91 Å². The minimum atomic E-state index is -1.33. The van der Waals surface area contributed by atoms with E-state index in [-0.39, 0.29) is 5.56 Å². The van der Waals surface area contributed by atoms with E-state index in [2.05, 4.69) is 5.32 Å². The average molecular weight is 373 g/mol. The molecular weight excluding hydrogens is 350 g/mol. The molecule has 0 heterocycles. The number of nitrogens with one attached hydrogen (secondary N) is 1. The molecule has 0 saturated carbocycles. The van der Waals surface area contributed by atoms with E-state index < -0.39 is 28.8 Å². The number of benzene rings is 2. The predicted octanol–water partition coefficient (Wildman–Crippen LogP) is 3.53. The third kappa shape index (κ3) is 4.58. The number of hydrogen-bond donors (Lipinski definition) is 1. The molecule has 138 valence electrons. The first-order chi connectivity index (χ1) is 12.2. The van der Waals surface area contributed by atoms with Crippen LogP contribution in [0.2, 0.25) is 0 Å². The second kappa shape index (κ2) is 8.27. The number of anilines is 1. The molecule has 0 aliphatic rings. The third-order valence-corrected chi connectivity index (χ3v) is 4.97. The van der Waals surface area contributed by atoms with Crippen molar-refractivity contribution in [1.82, 2.24) is 0 Å². The zero-order chi connectivity index (χ0) is 19.4. The Hall–Kier alpha value is -2.47. The molecule has 2 aromatic rings. The van der Waals surface area contributed by atoms with Crippen molar-refractivity contribution in [2.45, 2.75) is 38.7 Å². The topological polar surface area (TPSA) is 72.5 Å². The smallest absolute Gasteiger partial charge is 0.340 e. The second-order valence-corrected chi connectivity index (χ2v) is 7.61. The Morgan fingerprint density at radius 2 is 1.65 bits per heavy atom. The normalized spacial score (nSPS) is 13.0. The number of carbonyl (C=O) groups excluding carboxylic acids is 2. The van der Waals surface area contributed by atoms with E-state index >= 15 is 0 Å². The van der Waals surface area contributed by atoms with Crippen LogP contribution in [0.3, 0.4) is 0 Å². The Balaban J connectivity index is 2.13. The van der Waals surface area contributed by atoms with Crippen LogP contribution >= 0.6 is 0 Å². The Labute approximate surface area is 156 Å². The van der Waals surface area contributed by atoms with Crippen molar-refractivity contribution >= 4 is 28.4 Å². The zero-order valence-corrected chi connectivity index (χ0v) is 16.4. The van der Waals surface area contributed by atoms with Crippen LogP contribution in [0.15, 0.2) is 41.3 Å². The van der Waals surface area contributed by atoms with Crippen molar-refractivity contribution in [3.8, 4) is 0 Å². The molecule has 2 aromatic carbocycles. The van der Waals surface area contributed by atoms with Crippen LogP contribution in [0.4, 0.5) is 5.69 Å². The number of rotatable bonds is 5. The molecule has 1 amide bonds. The van der Waals surface area contributed by atoms with Crippen molar-refractivity contribution in [1.29, 1.82) is 0 Å². The largest absolute Gasteiger partial charge is 0.449 e. The summed E-state index contributed by atoms with van der Waals surface area (Å²) in [5.41, 5.74) is 3.93. The van der Waals surface area contributed by atoms with Crippen LogP contribution in [0.25, 0.3) is 0 Å². The molecule has 26 heavy (non-hydrogen) atoms. The maximum atomic E-state index is 12.4. The summed E-state index contributed by atoms with van der Waals surface area (Å²) < 4.78 is 17.0. The van der Waals surface area contributed by atoms with Crippen LogP contribution in [0, 0.1) is 20.8 Å². The number of hydrogen-bond acceptors (Lipinski definition) is 4. The standard InChI is InChI=1S/C20H23NO4S/c1-12-10-13(2)18(14(3)11-12)21-19(22)15(4)25-20(23)16-8-6-7-9-17(16)26(5)24/h6-11,15H,1-5H3,(H,21,22)/t15-,26-/m0/s1. The summed E-state index contributed by atoms with van der Waals surface area (Å²) in [7, 11) is -1.33. The second-order valence-electron chi connectivity index (χ2n) is 6.26. The average Bonchev–Trinajstić information content (AvgIpc) is 2.57. The summed E-state index contributed by atoms with van der Waals surface area (Å²) in [6.45, 7) is 7.33. The summed E-state index contributed by atoms with van der Waals surface area (Å²) in [5, 5.41) is 2.82. The fraction of sp³-hybridized carbons (Fsp3) is 0.300. The van der Waals surface area contributed by atoms with Gasteiger partial charge in [-0.2, -0.15) is 0 Å². The molecular formula is C20H23NO4S. The highest BCUT2D eigenvalue weighted by atomic mass is 32.2. The van der Waals surface area contributed by atoms with Crippen LogP contribution < -0.4 is 5.32 Å². The van der Waals surface area contributed by atoms with Gasteiger partial charge in [0, 0.05) is 11.9 Å². The van der Waals surface area contributed by atoms with Gasteiger partial charge in [0.2, 0.25) is 0 Å². The van der Waals surface area contributed by atoms with E-state index in [4.69, 9.17) is 4.74 Å². The minimum absolute atomic E-state index is 0.204. The summed E-state index contributed by atoms with van der Waals surface area (Å²) >= 11 is 0. The maximum absolute atomic E-state index is 12.4. The predicted molar refractivity (Wildman–Crippen MR) is 103 cm³/mol. The number of carbonyl (C=O) groups is 2. The summed E-state index contributed by atoms with van der Waals surface area (Å²) in [4.78, 5) is 25.2. The Morgan fingerprint density at radius 3 is 2.23 bits per heavy atom. The molecule has 0 aliphatic heterocycles. The zero-order valence-electron chi connectivity index (χ0n) is 15.6. The Kier molecular flexibility index (Phi) is 6.32. The number of aryl methyl sites for hydroxylation is 3. The lowest BCUT2D eigenvalue weighted by atomic mass is 10.0. The Morgan fingerprint density at radius 1 is 1.08 bits per heavy atom. The van der Waals surface area contributed by atoms with Gasteiger partial charge in [0.15, 0.2) is 6.10 Å². The molecule has 5 nitrogen and oxygen atoms in total. The summed E-state index contributed by atoms with van der Waals surface area (Å²) in [6, 6.07) is 10.5. The van der Waals surface area contributed by atoms with Gasteiger partial charge in [0.05, 0.1) is 21.3 Å². The quantitative estimate of drug-likeness (QED) is 0.814. The first-order valence-electron chi connectivity index (χ1n) is 8.23. The van der Waals surface area contributed by atoms with Gasteiger partial charge in [-0.3, -0.25) is 9.00 Å². The molecule has 0 bridgehead atoms. The van der Waals surface area contributed by atoms with E-state index in [1.165, 1.54) is 19.2 Å². The van der Waals surface area contributed by atoms with E-state index in [0.29, 0.717) is 4.90 Å². The first-order valence-corrected chi connectivity index (χ1v) is 9.78. The fourth-order valence-corrected chi connectivity index (χ4v) is 3.50. The lowest BCUT2D eigenvalue weighted by Gasteiger charge is -2.17. The highest BCUT2D eigenvalue weighted by Gasteiger charge is 2.22. The molecule has 0 radical (unpaired) electrons. The highest BCUT2D eigenvalue weighted by molar-refractivity contribution is 7.84. The van der Waals surface area contributed by atoms with Crippen LogP contribution in [0.5, 0.6) is 0 Å². The minimum Gasteiger partial charge on any atom is -0.449 e. The van der Waals surface area contributed by atoms with E-state index in [1.54, 1.807) is 18.2 Å². The molecule has 2 rings (SSSR count). The number of amides is 1. The van der Waals surface area contributed by atoms with Crippen molar-refractivity contribution in [3.63, 3.8) is 0 Å². The molecule has 0 fully saturated rings. The van der Waals surface area contributed by atoms with Crippen LogP contribution in [0.1, 0.15) is 34.0 Å². The lowest BCUT2D eigenvalue weighted by molar-refractivity contribution is -0.123. The number of esters is 1. The molecule has 2 atom stereocenters. The molecule has 1 N–H and O–H groups in total. The van der Waals surface area contributed by atoms with E-state index in [9.17, 15) is 13.8 Å². The van der Waals surface area contributed by atoms with Crippen molar-refractivity contribution < 1.29 is 18.5 Å². The van der Waals surface area contributed by atoms with Crippen LogP contribution in [-0.2, 0) is 20.3 Å². The third-order valence-electron chi connectivity index (χ3n) is 3.99. The van der Waals surface area contributed by atoms with Gasteiger partial charge in [-0.05, 0) is 51.0 Å². The molecule has 0 saturated heterocycles. The first kappa shape index (κ1) is 19.8. The SMILES string of the molecule is Cc1cc(C)c(NC(=O)[C@H](C)OC(=O)c2ccccc2[S@](C)=O)c(C)c1.